The average molecular weight is 541 g/mol. The van der Waals surface area contributed by atoms with Gasteiger partial charge in [0, 0.05) is 48.4 Å². The minimum Gasteiger partial charge on any atom is -0.316 e. The second kappa shape index (κ2) is 13.0. The summed E-state index contributed by atoms with van der Waals surface area (Å²) in [6.45, 7) is 11.3. The molecular weight excluding hydrogens is 500 g/mol. The summed E-state index contributed by atoms with van der Waals surface area (Å²) in [5.41, 5.74) is 2.48. The Morgan fingerprint density at radius 3 is 2.49 bits per heavy atom. The van der Waals surface area contributed by atoms with E-state index in [4.69, 9.17) is 0 Å². The first-order valence-corrected chi connectivity index (χ1v) is 15.2. The largest absolute Gasteiger partial charge is 0.316 e. The van der Waals surface area contributed by atoms with Crippen molar-refractivity contribution in [1.82, 2.24) is 24.8 Å². The second-order valence-electron chi connectivity index (χ2n) is 10.1. The molecule has 2 aliphatic rings. The first-order valence-electron chi connectivity index (χ1n) is 13.5. The maximum Gasteiger partial charge on any atom is 0.188 e. The van der Waals surface area contributed by atoms with Crippen LogP contribution in [0.3, 0.4) is 0 Å². The van der Waals surface area contributed by atoms with E-state index < -0.39 is 0 Å². The minimum atomic E-state index is 0.552. The maximum absolute atomic E-state index is 10.6. The summed E-state index contributed by atoms with van der Waals surface area (Å²) in [5.74, 6) is 0.665. The Morgan fingerprint density at radius 1 is 1.16 bits per heavy atom. The van der Waals surface area contributed by atoms with Crippen LogP contribution in [0.5, 0.6) is 0 Å². The minimum absolute atomic E-state index is 0.552. The van der Waals surface area contributed by atoms with Crippen LogP contribution >= 0.6 is 22.7 Å². The number of hydrogen-bond acceptors (Lipinski definition) is 9. The van der Waals surface area contributed by atoms with Crippen LogP contribution in [-0.4, -0.2) is 69.3 Å². The zero-order valence-electron chi connectivity index (χ0n) is 22.7. The number of piperazine rings is 1. The lowest BCUT2D eigenvalue weighted by Crippen LogP contribution is -2.54. The number of anilines is 2. The van der Waals surface area contributed by atoms with Crippen molar-refractivity contribution < 1.29 is 4.79 Å². The number of nitrogens with zero attached hydrogens (tertiary/aromatic N) is 5. The lowest BCUT2D eigenvalue weighted by atomic mass is 10.0. The summed E-state index contributed by atoms with van der Waals surface area (Å²) >= 11 is 3.16. The fourth-order valence-electron chi connectivity index (χ4n) is 5.39. The van der Waals surface area contributed by atoms with Crippen LogP contribution in [0.1, 0.15) is 73.4 Å². The summed E-state index contributed by atoms with van der Waals surface area (Å²) in [6.07, 6.45) is 10.7. The van der Waals surface area contributed by atoms with Crippen molar-refractivity contribution in [3.63, 3.8) is 0 Å². The summed E-state index contributed by atoms with van der Waals surface area (Å²) in [5, 5.41) is 6.94. The van der Waals surface area contributed by atoms with Crippen LogP contribution < -0.4 is 5.32 Å². The van der Waals surface area contributed by atoms with Crippen molar-refractivity contribution >= 4 is 39.9 Å². The van der Waals surface area contributed by atoms with Crippen molar-refractivity contribution in [2.24, 2.45) is 0 Å². The Kier molecular flexibility index (Phi) is 9.81. The summed E-state index contributed by atoms with van der Waals surface area (Å²) in [4.78, 5) is 30.3. The smallest absolute Gasteiger partial charge is 0.188 e. The van der Waals surface area contributed by atoms with Crippen molar-refractivity contribution in [2.45, 2.75) is 84.3 Å². The number of unbranched alkanes of at least 4 members (excludes halogenated alkanes) is 1. The lowest BCUT2D eigenvalue weighted by molar-refractivity contribution is 0.0527. The van der Waals surface area contributed by atoms with E-state index in [1.165, 1.54) is 69.1 Å². The summed E-state index contributed by atoms with van der Waals surface area (Å²) in [6, 6.07) is 6.04. The number of nitrogens with one attached hydrogen (secondary N) is 1. The van der Waals surface area contributed by atoms with Crippen molar-refractivity contribution in [3.05, 3.63) is 40.0 Å². The van der Waals surface area contributed by atoms with Crippen LogP contribution in [0.15, 0.2) is 23.7 Å². The van der Waals surface area contributed by atoms with Gasteiger partial charge < -0.3 is 5.32 Å². The molecule has 2 bridgehead atoms. The first-order chi connectivity index (χ1) is 17.9. The summed E-state index contributed by atoms with van der Waals surface area (Å²) in [7, 11) is 2.33. The molecule has 3 aromatic rings. The molecule has 2 saturated heterocycles. The van der Waals surface area contributed by atoms with Gasteiger partial charge in [-0.15, -0.1) is 22.7 Å². The molecule has 3 aromatic heterocycles. The highest BCUT2D eigenvalue weighted by molar-refractivity contribution is 7.16. The monoisotopic (exact) mass is 540 g/mol. The molecular formula is C28H40N6OS2. The van der Waals surface area contributed by atoms with Crippen molar-refractivity contribution in [2.75, 3.05) is 25.5 Å². The van der Waals surface area contributed by atoms with E-state index in [9.17, 15) is 4.79 Å². The number of likely N-dealkylation sites (tertiary alicyclic amines) is 1. The number of aldehydes is 1. The number of hydrogen-bond donors (Lipinski definition) is 1. The summed E-state index contributed by atoms with van der Waals surface area (Å²) < 4.78 is 0. The standard InChI is InChI=1S/C14H12N4OS2.C14H28N2/c1-8-13(21-9(2)16-8)11-7-20-14(17-11)18-12-4-3-10(6-19)5-15-12;1-4-6-7-12(5-2)16-10-13-8-9-14(11-16)15(13)3/h3-7H,1-2H3,(H,15,17,18);12-14H,4-11H2,1-3H3/t;12?,13-,14+. The molecule has 37 heavy (non-hydrogen) atoms. The zero-order chi connectivity index (χ0) is 26.4. The molecule has 5 rings (SSSR count). The number of pyridine rings is 1. The van der Waals surface area contributed by atoms with E-state index in [-0.39, 0.29) is 0 Å². The van der Waals surface area contributed by atoms with Crippen LogP contribution in [-0.2, 0) is 0 Å². The van der Waals surface area contributed by atoms with Gasteiger partial charge in [0.05, 0.1) is 21.3 Å². The molecule has 200 valence electrons. The van der Waals surface area contributed by atoms with Gasteiger partial charge in [0.15, 0.2) is 11.4 Å². The SMILES string of the molecule is CCCCC(CC)N1C[C@H]2CC[C@@H](C1)N2C.Cc1nc(C)c(-c2csc(Nc3ccc(C=O)cn3)n2)s1. The molecule has 5 heterocycles. The molecule has 0 aliphatic carbocycles. The van der Waals surface area contributed by atoms with E-state index in [0.29, 0.717) is 11.4 Å². The van der Waals surface area contributed by atoms with Crippen molar-refractivity contribution in [1.29, 1.82) is 0 Å². The molecule has 3 atom stereocenters. The van der Waals surface area contributed by atoms with E-state index in [2.05, 4.69) is 51.0 Å². The van der Waals surface area contributed by atoms with Gasteiger partial charge in [0.2, 0.25) is 0 Å². The third-order valence-electron chi connectivity index (χ3n) is 7.55. The highest BCUT2D eigenvalue weighted by atomic mass is 32.1. The van der Waals surface area contributed by atoms with Gasteiger partial charge in [-0.3, -0.25) is 14.6 Å². The molecule has 2 aliphatic heterocycles. The number of thiazole rings is 2. The Morgan fingerprint density at radius 2 is 1.92 bits per heavy atom. The lowest BCUT2D eigenvalue weighted by Gasteiger charge is -2.42. The van der Waals surface area contributed by atoms with Gasteiger partial charge in [-0.1, -0.05) is 26.7 Å². The molecule has 0 radical (unpaired) electrons. The number of rotatable bonds is 9. The Hall–Kier alpha value is -2.20. The predicted octanol–water partition coefficient (Wildman–Crippen LogP) is 6.57. The molecule has 2 fully saturated rings. The number of aryl methyl sites for hydroxylation is 2. The highest BCUT2D eigenvalue weighted by Gasteiger charge is 2.38. The molecule has 0 amide bonds. The normalized spacial score (nSPS) is 20.4. The Bertz CT molecular complexity index is 1130. The second-order valence-corrected chi connectivity index (χ2v) is 12.2. The number of likely N-dealkylation sites (N-methyl/N-ethyl adjacent to an activating group) is 1. The van der Waals surface area contributed by atoms with Gasteiger partial charge in [-0.25, -0.2) is 15.0 Å². The molecule has 0 saturated carbocycles. The molecule has 7 nitrogen and oxygen atoms in total. The van der Waals surface area contributed by atoms with E-state index >= 15 is 0 Å². The van der Waals surface area contributed by atoms with Gasteiger partial charge in [-0.05, 0) is 58.7 Å². The molecule has 1 unspecified atom stereocenters. The van der Waals surface area contributed by atoms with Crippen LogP contribution in [0, 0.1) is 13.8 Å². The van der Waals surface area contributed by atoms with E-state index in [1.54, 1.807) is 23.5 Å². The Balaban J connectivity index is 0.000000180. The highest BCUT2D eigenvalue weighted by Crippen LogP contribution is 2.33. The molecule has 1 N–H and O–H groups in total. The maximum atomic E-state index is 10.6. The Labute approximate surface area is 229 Å². The van der Waals surface area contributed by atoms with E-state index in [0.717, 1.165) is 50.8 Å². The first kappa shape index (κ1) is 27.8. The fraction of sp³-hybridized carbons (Fsp3) is 0.571. The molecule has 0 spiro atoms. The fourth-order valence-corrected chi connectivity index (χ4v) is 7.06. The number of carbonyl (C=O) groups excluding carboxylic acids is 1. The van der Waals surface area contributed by atoms with Crippen LogP contribution in [0.2, 0.25) is 0 Å². The van der Waals surface area contributed by atoms with Gasteiger partial charge in [-0.2, -0.15) is 0 Å². The van der Waals surface area contributed by atoms with Gasteiger partial charge in [0.25, 0.3) is 0 Å². The topological polar surface area (TPSA) is 74.2 Å². The average Bonchev–Trinajstić information content (AvgIpc) is 3.54. The third-order valence-corrected chi connectivity index (χ3v) is 9.40. The number of aromatic nitrogens is 3. The van der Waals surface area contributed by atoms with Crippen molar-refractivity contribution in [3.8, 4) is 10.6 Å². The quantitative estimate of drug-likeness (QED) is 0.308. The van der Waals surface area contributed by atoms with Gasteiger partial charge >= 0.3 is 0 Å². The zero-order valence-corrected chi connectivity index (χ0v) is 24.4. The third kappa shape index (κ3) is 7.02. The van der Waals surface area contributed by atoms with Gasteiger partial charge in [0.1, 0.15) is 5.82 Å². The van der Waals surface area contributed by atoms with Crippen LogP contribution in [0.4, 0.5) is 10.9 Å². The molecule has 0 aromatic carbocycles. The predicted molar refractivity (Wildman–Crippen MR) is 155 cm³/mol. The number of fused-ring (bicyclic) bond motifs is 2. The van der Waals surface area contributed by atoms with E-state index in [1.807, 2.05) is 19.2 Å². The molecule has 9 heteroatoms. The van der Waals surface area contributed by atoms with Crippen LogP contribution in [0.25, 0.3) is 10.6 Å². The number of carbonyl (C=O) groups is 1.